The van der Waals surface area contributed by atoms with E-state index in [1.807, 2.05) is 0 Å². The van der Waals surface area contributed by atoms with Crippen LogP contribution in [0.1, 0.15) is 25.7 Å². The second kappa shape index (κ2) is 2.62. The largest absolute Gasteiger partial charge is 0.300 e. The van der Waals surface area contributed by atoms with Crippen LogP contribution >= 0.6 is 15.9 Å². The van der Waals surface area contributed by atoms with Crippen LogP contribution in [0.4, 0.5) is 0 Å². The lowest BCUT2D eigenvalue weighted by Crippen LogP contribution is -2.13. The van der Waals surface area contributed by atoms with Crippen LogP contribution in [0, 0.1) is 0 Å². The van der Waals surface area contributed by atoms with Crippen molar-refractivity contribution in [2.45, 2.75) is 30.5 Å². The highest BCUT2D eigenvalue weighted by molar-refractivity contribution is 9.09. The Balaban J connectivity index is 2.34. The molecule has 2 heteroatoms. The predicted octanol–water partition coefficient (Wildman–Crippen LogP) is 1.89. The van der Waals surface area contributed by atoms with Crippen LogP contribution in [0.3, 0.4) is 0 Å². The fourth-order valence-electron chi connectivity index (χ4n) is 0.972. The number of hydrogen-bond acceptors (Lipinski definition) is 1. The van der Waals surface area contributed by atoms with Gasteiger partial charge in [-0.3, -0.25) is 4.79 Å². The van der Waals surface area contributed by atoms with E-state index in [-0.39, 0.29) is 0 Å². The first-order valence-corrected chi connectivity index (χ1v) is 3.86. The normalized spacial score (nSPS) is 30.6. The highest BCUT2D eigenvalue weighted by atomic mass is 79.9. The molecule has 0 N–H and O–H groups in total. The summed E-state index contributed by atoms with van der Waals surface area (Å²) in [5.41, 5.74) is 0. The first kappa shape index (κ1) is 6.27. The van der Waals surface area contributed by atoms with Gasteiger partial charge in [-0.15, -0.1) is 0 Å². The summed E-state index contributed by atoms with van der Waals surface area (Å²) in [6, 6.07) is 0. The second-order valence-corrected chi connectivity index (χ2v) is 3.53. The van der Waals surface area contributed by atoms with E-state index >= 15 is 0 Å². The topological polar surface area (TPSA) is 17.1 Å². The van der Waals surface area contributed by atoms with Crippen molar-refractivity contribution in [3.05, 3.63) is 0 Å². The van der Waals surface area contributed by atoms with Crippen molar-refractivity contribution in [3.8, 4) is 0 Å². The van der Waals surface area contributed by atoms with Gasteiger partial charge in [0.25, 0.3) is 0 Å². The Hall–Kier alpha value is 0.150. The lowest BCUT2D eigenvalue weighted by atomic mass is 10.00. The molecule has 0 aromatic rings. The summed E-state index contributed by atoms with van der Waals surface area (Å²) in [5, 5.41) is 0. The van der Waals surface area contributed by atoms with E-state index in [0.717, 1.165) is 19.3 Å². The van der Waals surface area contributed by atoms with Gasteiger partial charge in [-0.05, 0) is 12.8 Å². The molecule has 0 bridgehead atoms. The Morgan fingerprint density at radius 1 is 1.62 bits per heavy atom. The molecular weight excluding hydrogens is 168 g/mol. The van der Waals surface area contributed by atoms with E-state index in [9.17, 15) is 4.79 Å². The van der Waals surface area contributed by atoms with Crippen LogP contribution in [0.2, 0.25) is 0 Å². The zero-order valence-electron chi connectivity index (χ0n) is 4.69. The average Bonchev–Trinajstić information content (AvgIpc) is 1.64. The lowest BCUT2D eigenvalue weighted by Gasteiger charge is -2.13. The summed E-state index contributed by atoms with van der Waals surface area (Å²) in [4.78, 5) is 11.1. The average molecular weight is 177 g/mol. The van der Waals surface area contributed by atoms with E-state index < -0.39 is 0 Å². The van der Waals surface area contributed by atoms with E-state index in [4.69, 9.17) is 0 Å². The van der Waals surface area contributed by atoms with Gasteiger partial charge in [-0.25, -0.2) is 0 Å². The third-order valence-corrected chi connectivity index (χ3v) is 2.20. The van der Waals surface area contributed by atoms with Gasteiger partial charge in [0.2, 0.25) is 0 Å². The molecular formula is C6H9BrO. The summed E-state index contributed by atoms with van der Waals surface area (Å²) in [7, 11) is 0. The quantitative estimate of drug-likeness (QED) is 0.516. The SMILES string of the molecule is O=C1CCCC(Br)C1. The molecule has 0 saturated heterocycles. The maximum absolute atomic E-state index is 10.6. The molecule has 1 rings (SSSR count). The predicted molar refractivity (Wildman–Crippen MR) is 36.2 cm³/mol. The van der Waals surface area contributed by atoms with E-state index in [0.29, 0.717) is 10.6 Å². The van der Waals surface area contributed by atoms with Gasteiger partial charge < -0.3 is 0 Å². The molecule has 0 aromatic heterocycles. The first-order valence-electron chi connectivity index (χ1n) is 2.95. The minimum atomic E-state index is 0.415. The fraction of sp³-hybridized carbons (Fsp3) is 0.833. The van der Waals surface area contributed by atoms with Crippen molar-refractivity contribution in [2.24, 2.45) is 0 Å². The van der Waals surface area contributed by atoms with Crippen molar-refractivity contribution < 1.29 is 4.79 Å². The van der Waals surface area contributed by atoms with Crippen molar-refractivity contribution in [1.29, 1.82) is 0 Å². The van der Waals surface area contributed by atoms with Gasteiger partial charge in [-0.1, -0.05) is 15.9 Å². The summed E-state index contributed by atoms with van der Waals surface area (Å²) in [6.07, 6.45) is 3.81. The molecule has 1 aliphatic carbocycles. The highest BCUT2D eigenvalue weighted by Gasteiger charge is 2.15. The molecule has 1 aliphatic rings. The lowest BCUT2D eigenvalue weighted by molar-refractivity contribution is -0.120. The summed E-state index contributed by atoms with van der Waals surface area (Å²) in [5.74, 6) is 0.415. The van der Waals surface area contributed by atoms with Crippen LogP contribution in [0.25, 0.3) is 0 Å². The van der Waals surface area contributed by atoms with Gasteiger partial charge in [0.15, 0.2) is 0 Å². The van der Waals surface area contributed by atoms with Gasteiger partial charge in [-0.2, -0.15) is 0 Å². The number of ketones is 1. The van der Waals surface area contributed by atoms with E-state index in [1.165, 1.54) is 6.42 Å². The van der Waals surface area contributed by atoms with Gasteiger partial charge in [0.05, 0.1) is 0 Å². The molecule has 0 aromatic carbocycles. The van der Waals surface area contributed by atoms with Crippen LogP contribution in [0.5, 0.6) is 0 Å². The third kappa shape index (κ3) is 1.58. The summed E-state index contributed by atoms with van der Waals surface area (Å²) >= 11 is 3.41. The number of carbonyl (C=O) groups excluding carboxylic acids is 1. The highest BCUT2D eigenvalue weighted by Crippen LogP contribution is 2.20. The summed E-state index contributed by atoms with van der Waals surface area (Å²) < 4.78 is 0. The smallest absolute Gasteiger partial charge is 0.134 e. The van der Waals surface area contributed by atoms with E-state index in [2.05, 4.69) is 15.9 Å². The number of Topliss-reactive ketones (excluding diaryl/α,β-unsaturated/α-hetero) is 1. The molecule has 1 saturated carbocycles. The Labute approximate surface area is 57.6 Å². The minimum Gasteiger partial charge on any atom is -0.300 e. The molecule has 1 nitrogen and oxygen atoms in total. The Kier molecular flexibility index (Phi) is 2.06. The zero-order valence-corrected chi connectivity index (χ0v) is 6.28. The van der Waals surface area contributed by atoms with Crippen LogP contribution in [0.15, 0.2) is 0 Å². The van der Waals surface area contributed by atoms with E-state index in [1.54, 1.807) is 0 Å². The van der Waals surface area contributed by atoms with Crippen LogP contribution < -0.4 is 0 Å². The molecule has 1 fully saturated rings. The summed E-state index contributed by atoms with van der Waals surface area (Å²) in [6.45, 7) is 0. The van der Waals surface area contributed by atoms with Crippen molar-refractivity contribution in [1.82, 2.24) is 0 Å². The zero-order chi connectivity index (χ0) is 5.98. The third-order valence-electron chi connectivity index (χ3n) is 1.42. The standard InChI is InChI=1S/C6H9BrO/c7-5-2-1-3-6(8)4-5/h5H,1-4H2. The minimum absolute atomic E-state index is 0.415. The Bertz CT molecular complexity index is 101. The van der Waals surface area contributed by atoms with Gasteiger partial charge in [0, 0.05) is 17.7 Å². The number of carbonyl (C=O) groups is 1. The molecule has 0 spiro atoms. The van der Waals surface area contributed by atoms with Crippen molar-refractivity contribution in [2.75, 3.05) is 0 Å². The van der Waals surface area contributed by atoms with Gasteiger partial charge in [0.1, 0.15) is 5.78 Å². The number of alkyl halides is 1. The number of halogens is 1. The fourth-order valence-corrected chi connectivity index (χ4v) is 1.66. The van der Waals surface area contributed by atoms with Crippen molar-refractivity contribution >= 4 is 21.7 Å². The monoisotopic (exact) mass is 176 g/mol. The van der Waals surface area contributed by atoms with Gasteiger partial charge >= 0.3 is 0 Å². The maximum Gasteiger partial charge on any atom is 0.134 e. The number of hydrogen-bond donors (Lipinski definition) is 0. The maximum atomic E-state index is 10.6. The molecule has 1 atom stereocenters. The van der Waals surface area contributed by atoms with Crippen molar-refractivity contribution in [3.63, 3.8) is 0 Å². The second-order valence-electron chi connectivity index (χ2n) is 2.23. The Morgan fingerprint density at radius 2 is 2.38 bits per heavy atom. The first-order chi connectivity index (χ1) is 3.79. The molecule has 0 heterocycles. The number of rotatable bonds is 0. The van der Waals surface area contributed by atoms with Crippen LogP contribution in [-0.2, 0) is 4.79 Å². The molecule has 46 valence electrons. The molecule has 8 heavy (non-hydrogen) atoms. The molecule has 0 amide bonds. The molecule has 1 unspecified atom stereocenters. The Morgan fingerprint density at radius 3 is 2.75 bits per heavy atom. The molecule has 0 aliphatic heterocycles. The molecule has 0 radical (unpaired) electrons. The van der Waals surface area contributed by atoms with Crippen LogP contribution in [-0.4, -0.2) is 10.6 Å².